The van der Waals surface area contributed by atoms with Gasteiger partial charge in [0.25, 0.3) is 0 Å². The van der Waals surface area contributed by atoms with Crippen LogP contribution in [-0.4, -0.2) is 25.0 Å². The van der Waals surface area contributed by atoms with Gasteiger partial charge in [-0.2, -0.15) is 0 Å². The maximum absolute atomic E-state index is 8.66. The van der Waals surface area contributed by atoms with Crippen LogP contribution in [0.15, 0.2) is 11.0 Å². The molecule has 0 aromatic carbocycles. The van der Waals surface area contributed by atoms with Crippen LogP contribution in [0.5, 0.6) is 0 Å². The topological polar surface area (TPSA) is 20.2 Å². The SMILES string of the molecule is C[CH2][Ge](/[CH]=C/CO)([CH2]C)[CH2]C. The molecule has 0 saturated heterocycles. The summed E-state index contributed by atoms with van der Waals surface area (Å²) >= 11 is -1.57. The summed E-state index contributed by atoms with van der Waals surface area (Å²) in [5, 5.41) is 12.7. The molecule has 0 fully saturated rings. The first-order valence-corrected chi connectivity index (χ1v) is 10.2. The van der Waals surface area contributed by atoms with E-state index in [1.54, 1.807) is 0 Å². The molecule has 0 rings (SSSR count). The molecule has 0 aliphatic rings. The fraction of sp³-hybridized carbons (Fsp3) is 0.778. The summed E-state index contributed by atoms with van der Waals surface area (Å²) in [6, 6.07) is 0. The Morgan fingerprint density at radius 1 is 1.09 bits per heavy atom. The van der Waals surface area contributed by atoms with Gasteiger partial charge in [0.2, 0.25) is 0 Å². The average Bonchev–Trinajstić information content (AvgIpc) is 2.08. The van der Waals surface area contributed by atoms with Gasteiger partial charge in [-0.3, -0.25) is 0 Å². The van der Waals surface area contributed by atoms with Gasteiger partial charge in [0.1, 0.15) is 0 Å². The van der Waals surface area contributed by atoms with Crippen molar-refractivity contribution in [2.24, 2.45) is 0 Å². The predicted molar refractivity (Wildman–Crippen MR) is 53.4 cm³/mol. The predicted octanol–water partition coefficient (Wildman–Crippen LogP) is 2.58. The molecule has 0 heterocycles. The molecule has 0 aliphatic carbocycles. The van der Waals surface area contributed by atoms with E-state index in [4.69, 9.17) is 5.11 Å². The summed E-state index contributed by atoms with van der Waals surface area (Å²) < 4.78 is 0. The third-order valence-electron chi connectivity index (χ3n) is 2.69. The summed E-state index contributed by atoms with van der Waals surface area (Å²) in [4.78, 5) is 2.35. The maximum atomic E-state index is 8.66. The van der Waals surface area contributed by atoms with E-state index in [0.29, 0.717) is 0 Å². The van der Waals surface area contributed by atoms with E-state index in [-0.39, 0.29) is 6.61 Å². The number of aliphatic hydroxyl groups is 1. The molecule has 0 atom stereocenters. The average molecular weight is 217 g/mol. The fourth-order valence-electron chi connectivity index (χ4n) is 1.41. The van der Waals surface area contributed by atoms with E-state index >= 15 is 0 Å². The van der Waals surface area contributed by atoms with Crippen LogP contribution in [0, 0.1) is 0 Å². The Balaban J connectivity index is 4.16. The van der Waals surface area contributed by atoms with E-state index in [9.17, 15) is 0 Å². The van der Waals surface area contributed by atoms with Gasteiger partial charge in [0, 0.05) is 0 Å². The molecule has 0 unspecified atom stereocenters. The fourth-order valence-corrected chi connectivity index (χ4v) is 7.31. The van der Waals surface area contributed by atoms with E-state index < -0.39 is 13.3 Å². The number of rotatable bonds is 5. The molecule has 0 saturated carbocycles. The first kappa shape index (κ1) is 11.2. The van der Waals surface area contributed by atoms with Crippen molar-refractivity contribution in [1.82, 2.24) is 0 Å². The Bertz CT molecular complexity index is 108. The second-order valence-corrected chi connectivity index (χ2v) is 13.9. The molecule has 0 aromatic heterocycles. The Hall–Kier alpha value is 0.243. The zero-order valence-corrected chi connectivity index (χ0v) is 10.0. The Labute approximate surface area is 72.9 Å². The standard InChI is InChI=1S/C9H20GeO/c1-4-10(5-2,6-3)8-7-9-11/h7-8,11H,4-6,9H2,1-3H3/b8-7+. The van der Waals surface area contributed by atoms with Crippen molar-refractivity contribution in [2.45, 2.75) is 36.5 Å². The van der Waals surface area contributed by atoms with Gasteiger partial charge in [-0.15, -0.1) is 0 Å². The molecule has 0 aromatic rings. The zero-order valence-electron chi connectivity index (χ0n) is 7.93. The molecular weight excluding hydrogens is 197 g/mol. The third-order valence-corrected chi connectivity index (χ3v) is 13.5. The van der Waals surface area contributed by atoms with Gasteiger partial charge in [0.15, 0.2) is 0 Å². The molecule has 2 heteroatoms. The van der Waals surface area contributed by atoms with Gasteiger partial charge in [-0.05, 0) is 0 Å². The van der Waals surface area contributed by atoms with Crippen LogP contribution < -0.4 is 0 Å². The van der Waals surface area contributed by atoms with Crippen molar-refractivity contribution in [3.63, 3.8) is 0 Å². The van der Waals surface area contributed by atoms with E-state index in [0.717, 1.165) is 0 Å². The van der Waals surface area contributed by atoms with Crippen molar-refractivity contribution in [3.05, 3.63) is 11.0 Å². The summed E-state index contributed by atoms with van der Waals surface area (Å²) in [5.74, 6) is 0. The summed E-state index contributed by atoms with van der Waals surface area (Å²) in [7, 11) is 0. The van der Waals surface area contributed by atoms with E-state index in [1.807, 2.05) is 6.08 Å². The van der Waals surface area contributed by atoms with Crippen molar-refractivity contribution in [2.75, 3.05) is 6.61 Å². The number of hydrogen-bond donors (Lipinski definition) is 1. The minimum absolute atomic E-state index is 0.215. The van der Waals surface area contributed by atoms with Crippen LogP contribution in [0.3, 0.4) is 0 Å². The van der Waals surface area contributed by atoms with Gasteiger partial charge in [-0.25, -0.2) is 0 Å². The van der Waals surface area contributed by atoms with Crippen LogP contribution in [0.4, 0.5) is 0 Å². The first-order valence-electron chi connectivity index (χ1n) is 4.53. The Morgan fingerprint density at radius 2 is 1.55 bits per heavy atom. The molecule has 1 nitrogen and oxygen atoms in total. The Kier molecular flexibility index (Phi) is 5.97. The quantitative estimate of drug-likeness (QED) is 0.701. The molecule has 0 bridgehead atoms. The van der Waals surface area contributed by atoms with Crippen LogP contribution >= 0.6 is 0 Å². The van der Waals surface area contributed by atoms with Crippen molar-refractivity contribution < 1.29 is 5.11 Å². The second-order valence-electron chi connectivity index (χ2n) is 3.01. The van der Waals surface area contributed by atoms with Crippen molar-refractivity contribution in [3.8, 4) is 0 Å². The van der Waals surface area contributed by atoms with E-state index in [2.05, 4.69) is 25.7 Å². The van der Waals surface area contributed by atoms with Crippen molar-refractivity contribution >= 4 is 13.3 Å². The first-order chi connectivity index (χ1) is 5.24. The van der Waals surface area contributed by atoms with Crippen LogP contribution in [0.1, 0.15) is 20.8 Å². The molecular formula is C9H20GeO. The minimum atomic E-state index is -1.57. The van der Waals surface area contributed by atoms with E-state index in [1.165, 1.54) is 15.8 Å². The Morgan fingerprint density at radius 3 is 1.82 bits per heavy atom. The number of aliphatic hydroxyl groups excluding tert-OH is 1. The zero-order chi connectivity index (χ0) is 8.74. The van der Waals surface area contributed by atoms with Crippen LogP contribution in [0.2, 0.25) is 15.8 Å². The van der Waals surface area contributed by atoms with Gasteiger partial charge >= 0.3 is 72.5 Å². The van der Waals surface area contributed by atoms with Crippen LogP contribution in [0.25, 0.3) is 0 Å². The number of hydrogen-bond acceptors (Lipinski definition) is 1. The molecule has 0 radical (unpaired) electrons. The molecule has 1 N–H and O–H groups in total. The summed E-state index contributed by atoms with van der Waals surface area (Å²) in [5.41, 5.74) is 0. The molecule has 0 aliphatic heterocycles. The molecule has 11 heavy (non-hydrogen) atoms. The monoisotopic (exact) mass is 218 g/mol. The molecule has 66 valence electrons. The van der Waals surface area contributed by atoms with Gasteiger partial charge < -0.3 is 0 Å². The third kappa shape index (κ3) is 3.43. The molecule has 0 amide bonds. The van der Waals surface area contributed by atoms with Crippen LogP contribution in [-0.2, 0) is 0 Å². The summed E-state index contributed by atoms with van der Waals surface area (Å²) in [6.07, 6.45) is 1.94. The second kappa shape index (κ2) is 5.84. The van der Waals surface area contributed by atoms with Gasteiger partial charge in [-0.1, -0.05) is 0 Å². The summed E-state index contributed by atoms with van der Waals surface area (Å²) in [6.45, 7) is 7.07. The normalized spacial score (nSPS) is 12.7. The van der Waals surface area contributed by atoms with Gasteiger partial charge in [0.05, 0.1) is 0 Å². The molecule has 0 spiro atoms. The van der Waals surface area contributed by atoms with Crippen molar-refractivity contribution in [1.29, 1.82) is 0 Å².